The maximum absolute atomic E-state index is 3.80. The highest BCUT2D eigenvalue weighted by molar-refractivity contribution is 8.34. The molecule has 1 heterocycles. The third kappa shape index (κ3) is 2.64. The van der Waals surface area contributed by atoms with Crippen molar-refractivity contribution in [1.82, 2.24) is 0 Å². The van der Waals surface area contributed by atoms with Crippen molar-refractivity contribution in [3.63, 3.8) is 0 Å². The summed E-state index contributed by atoms with van der Waals surface area (Å²) in [6.07, 6.45) is 5.96. The van der Waals surface area contributed by atoms with Crippen LogP contribution in [0.4, 0.5) is 0 Å². The first kappa shape index (κ1) is 10.4. The highest BCUT2D eigenvalue weighted by Crippen LogP contribution is 2.47. The van der Waals surface area contributed by atoms with Gasteiger partial charge in [0.2, 0.25) is 0 Å². The summed E-state index contributed by atoms with van der Waals surface area (Å²) in [5.41, 5.74) is 0. The molecule has 0 nitrogen and oxygen atoms in total. The second kappa shape index (κ2) is 5.10. The molecule has 0 bridgehead atoms. The summed E-state index contributed by atoms with van der Waals surface area (Å²) in [5.74, 6) is 0. The summed E-state index contributed by atoms with van der Waals surface area (Å²) in [6, 6.07) is 0. The standard InChI is InChI=1S/C9H12S3/c1-4-7-10-8(5-2)12-9(6-3)11-7/h4-9H,1-3H2. The Labute approximate surface area is 87.0 Å². The lowest BCUT2D eigenvalue weighted by Crippen LogP contribution is -2.13. The largest absolute Gasteiger partial charge is 0.125 e. The van der Waals surface area contributed by atoms with Crippen molar-refractivity contribution in [1.29, 1.82) is 0 Å². The zero-order valence-corrected chi connectivity index (χ0v) is 9.26. The molecule has 0 atom stereocenters. The van der Waals surface area contributed by atoms with Gasteiger partial charge < -0.3 is 0 Å². The average molecular weight is 216 g/mol. The lowest BCUT2D eigenvalue weighted by Gasteiger charge is -2.28. The van der Waals surface area contributed by atoms with Gasteiger partial charge in [-0.2, -0.15) is 0 Å². The van der Waals surface area contributed by atoms with Crippen LogP contribution in [0, 0.1) is 0 Å². The summed E-state index contributed by atoms with van der Waals surface area (Å²) < 4.78 is 1.45. The normalized spacial score (nSPS) is 35.5. The molecule has 0 aliphatic carbocycles. The topological polar surface area (TPSA) is 0 Å². The Morgan fingerprint density at radius 1 is 0.667 bits per heavy atom. The Kier molecular flexibility index (Phi) is 4.40. The van der Waals surface area contributed by atoms with Gasteiger partial charge in [-0.1, -0.05) is 18.2 Å². The van der Waals surface area contributed by atoms with Crippen LogP contribution in [0.25, 0.3) is 0 Å². The molecule has 0 saturated carbocycles. The van der Waals surface area contributed by atoms with Crippen LogP contribution in [0.3, 0.4) is 0 Å². The summed E-state index contributed by atoms with van der Waals surface area (Å²) in [5, 5.41) is 0. The van der Waals surface area contributed by atoms with Crippen LogP contribution in [0.1, 0.15) is 0 Å². The highest BCUT2D eigenvalue weighted by atomic mass is 32.3. The molecule has 0 N–H and O–H groups in total. The van der Waals surface area contributed by atoms with E-state index in [0.29, 0.717) is 13.7 Å². The number of thioether (sulfide) groups is 3. The van der Waals surface area contributed by atoms with Crippen molar-refractivity contribution in [3.05, 3.63) is 38.0 Å². The fourth-order valence-corrected chi connectivity index (χ4v) is 5.84. The van der Waals surface area contributed by atoms with E-state index < -0.39 is 0 Å². The number of hydrogen-bond donors (Lipinski definition) is 0. The van der Waals surface area contributed by atoms with Gasteiger partial charge in [0, 0.05) is 0 Å². The molecular formula is C9H12S3. The molecule has 1 aliphatic rings. The molecule has 0 aromatic heterocycles. The fraction of sp³-hybridized carbons (Fsp3) is 0.333. The minimum atomic E-state index is 0.484. The second-order valence-electron chi connectivity index (χ2n) is 2.22. The highest BCUT2D eigenvalue weighted by Gasteiger charge is 2.25. The SMILES string of the molecule is C=CC1SC(C=C)SC(C=C)S1. The molecule has 0 radical (unpaired) electrons. The van der Waals surface area contributed by atoms with Gasteiger partial charge >= 0.3 is 0 Å². The fourth-order valence-electron chi connectivity index (χ4n) is 0.826. The molecule has 1 fully saturated rings. The minimum Gasteiger partial charge on any atom is -0.125 e. The Morgan fingerprint density at radius 2 is 0.917 bits per heavy atom. The number of hydrogen-bond acceptors (Lipinski definition) is 3. The van der Waals surface area contributed by atoms with E-state index in [4.69, 9.17) is 0 Å². The van der Waals surface area contributed by atoms with E-state index in [-0.39, 0.29) is 0 Å². The molecule has 0 aromatic rings. The van der Waals surface area contributed by atoms with Crippen LogP contribution >= 0.6 is 35.3 Å². The summed E-state index contributed by atoms with van der Waals surface area (Å²) in [6.45, 7) is 11.4. The van der Waals surface area contributed by atoms with E-state index in [1.807, 2.05) is 53.5 Å². The van der Waals surface area contributed by atoms with Crippen molar-refractivity contribution >= 4 is 35.3 Å². The zero-order chi connectivity index (χ0) is 8.97. The van der Waals surface area contributed by atoms with Gasteiger partial charge in [0.25, 0.3) is 0 Å². The number of rotatable bonds is 3. The first-order valence-corrected chi connectivity index (χ1v) is 6.47. The lowest BCUT2D eigenvalue weighted by molar-refractivity contribution is 1.51. The Hall–Kier alpha value is 0.270. The molecule has 0 aromatic carbocycles. The van der Waals surface area contributed by atoms with Crippen LogP contribution in [-0.4, -0.2) is 13.7 Å². The molecule has 0 amide bonds. The van der Waals surface area contributed by atoms with E-state index in [1.165, 1.54) is 0 Å². The van der Waals surface area contributed by atoms with Gasteiger partial charge in [-0.25, -0.2) is 0 Å². The molecule has 0 unspecified atom stereocenters. The molecule has 66 valence electrons. The predicted octanol–water partition coefficient (Wildman–Crippen LogP) is 3.74. The third-order valence-electron chi connectivity index (χ3n) is 1.38. The van der Waals surface area contributed by atoms with Gasteiger partial charge in [0.1, 0.15) is 0 Å². The van der Waals surface area contributed by atoms with Gasteiger partial charge in [-0.05, 0) is 0 Å². The van der Waals surface area contributed by atoms with Crippen LogP contribution < -0.4 is 0 Å². The monoisotopic (exact) mass is 216 g/mol. The van der Waals surface area contributed by atoms with E-state index in [9.17, 15) is 0 Å². The molecule has 3 heteroatoms. The third-order valence-corrected chi connectivity index (χ3v) is 6.15. The molecule has 1 saturated heterocycles. The lowest BCUT2D eigenvalue weighted by atomic mass is 10.7. The second-order valence-corrected chi connectivity index (χ2v) is 6.98. The van der Waals surface area contributed by atoms with Crippen molar-refractivity contribution in [3.8, 4) is 0 Å². The molecule has 0 spiro atoms. The Balaban J connectivity index is 2.57. The van der Waals surface area contributed by atoms with Gasteiger partial charge in [-0.3, -0.25) is 0 Å². The van der Waals surface area contributed by atoms with Crippen molar-refractivity contribution < 1.29 is 0 Å². The molecule has 12 heavy (non-hydrogen) atoms. The summed E-state index contributed by atoms with van der Waals surface area (Å²) in [7, 11) is 0. The van der Waals surface area contributed by atoms with Crippen molar-refractivity contribution in [2.75, 3.05) is 0 Å². The molecular weight excluding hydrogens is 204 g/mol. The Bertz CT molecular complexity index is 149. The first-order valence-electron chi connectivity index (χ1n) is 3.64. The van der Waals surface area contributed by atoms with Gasteiger partial charge in [0.15, 0.2) is 0 Å². The van der Waals surface area contributed by atoms with E-state index >= 15 is 0 Å². The van der Waals surface area contributed by atoms with Crippen LogP contribution in [0.15, 0.2) is 38.0 Å². The predicted molar refractivity (Wildman–Crippen MR) is 64.7 cm³/mol. The van der Waals surface area contributed by atoms with Crippen LogP contribution in [0.2, 0.25) is 0 Å². The van der Waals surface area contributed by atoms with Crippen molar-refractivity contribution in [2.24, 2.45) is 0 Å². The maximum Gasteiger partial charge on any atom is 0.0708 e. The van der Waals surface area contributed by atoms with E-state index in [0.717, 1.165) is 0 Å². The van der Waals surface area contributed by atoms with Crippen molar-refractivity contribution in [2.45, 2.75) is 13.7 Å². The molecule has 1 rings (SSSR count). The Morgan fingerprint density at radius 3 is 1.08 bits per heavy atom. The molecule has 1 aliphatic heterocycles. The maximum atomic E-state index is 3.80. The van der Waals surface area contributed by atoms with Gasteiger partial charge in [-0.15, -0.1) is 55.0 Å². The smallest absolute Gasteiger partial charge is 0.0708 e. The minimum absolute atomic E-state index is 0.484. The zero-order valence-electron chi connectivity index (χ0n) is 6.81. The van der Waals surface area contributed by atoms with E-state index in [1.54, 1.807) is 0 Å². The van der Waals surface area contributed by atoms with E-state index in [2.05, 4.69) is 19.7 Å². The average Bonchev–Trinajstić information content (AvgIpc) is 2.16. The quantitative estimate of drug-likeness (QED) is 0.660. The van der Waals surface area contributed by atoms with Gasteiger partial charge in [0.05, 0.1) is 13.7 Å². The summed E-state index contributed by atoms with van der Waals surface area (Å²) >= 11 is 5.68. The summed E-state index contributed by atoms with van der Waals surface area (Å²) in [4.78, 5) is 0. The van der Waals surface area contributed by atoms with Crippen LogP contribution in [0.5, 0.6) is 0 Å². The van der Waals surface area contributed by atoms with Crippen LogP contribution in [-0.2, 0) is 0 Å². The first-order chi connectivity index (χ1) is 5.80.